The number of aryl methyl sites for hydroxylation is 1. The van der Waals surface area contributed by atoms with E-state index in [0.717, 1.165) is 11.3 Å². The van der Waals surface area contributed by atoms with E-state index in [-0.39, 0.29) is 0 Å². The standard InChI is InChI=1S/C9H15N3O/c1-7-5-8(12(3)10-2)6-11-9(7)13-4/h5-6,10H,1-4H3. The highest BCUT2D eigenvalue weighted by molar-refractivity contribution is 5.47. The van der Waals surface area contributed by atoms with Crippen molar-refractivity contribution in [2.45, 2.75) is 6.92 Å². The van der Waals surface area contributed by atoms with Crippen LogP contribution < -0.4 is 15.2 Å². The quantitative estimate of drug-likeness (QED) is 0.705. The van der Waals surface area contributed by atoms with Crippen LogP contribution in [0.3, 0.4) is 0 Å². The summed E-state index contributed by atoms with van der Waals surface area (Å²) in [5.74, 6) is 0.674. The van der Waals surface area contributed by atoms with Crippen LogP contribution in [-0.4, -0.2) is 26.2 Å². The van der Waals surface area contributed by atoms with Crippen molar-refractivity contribution in [1.29, 1.82) is 0 Å². The number of rotatable bonds is 3. The average molecular weight is 181 g/mol. The van der Waals surface area contributed by atoms with Crippen LogP contribution in [0.5, 0.6) is 5.88 Å². The van der Waals surface area contributed by atoms with E-state index >= 15 is 0 Å². The molecule has 0 aromatic carbocycles. The number of nitrogens with one attached hydrogen (secondary N) is 1. The van der Waals surface area contributed by atoms with Gasteiger partial charge in [-0.15, -0.1) is 0 Å². The van der Waals surface area contributed by atoms with Crippen LogP contribution in [-0.2, 0) is 0 Å². The lowest BCUT2D eigenvalue weighted by Crippen LogP contribution is -2.30. The van der Waals surface area contributed by atoms with Gasteiger partial charge >= 0.3 is 0 Å². The van der Waals surface area contributed by atoms with Crippen molar-refractivity contribution in [3.63, 3.8) is 0 Å². The van der Waals surface area contributed by atoms with Crippen LogP contribution in [0.1, 0.15) is 5.56 Å². The third-order valence-electron chi connectivity index (χ3n) is 1.93. The number of methoxy groups -OCH3 is 1. The summed E-state index contributed by atoms with van der Waals surface area (Å²) in [5.41, 5.74) is 5.04. The average Bonchev–Trinajstić information content (AvgIpc) is 2.16. The normalized spacial score (nSPS) is 9.85. The number of hydrogen-bond donors (Lipinski definition) is 1. The molecule has 0 unspecified atom stereocenters. The number of hydrazine groups is 1. The molecule has 0 atom stereocenters. The maximum Gasteiger partial charge on any atom is 0.216 e. The van der Waals surface area contributed by atoms with Crippen molar-refractivity contribution in [2.24, 2.45) is 0 Å². The van der Waals surface area contributed by atoms with Crippen molar-refractivity contribution in [3.05, 3.63) is 17.8 Å². The molecule has 1 aromatic rings. The number of anilines is 1. The second-order valence-electron chi connectivity index (χ2n) is 2.80. The Labute approximate surface area is 78.5 Å². The van der Waals surface area contributed by atoms with Gasteiger partial charge in [-0.2, -0.15) is 0 Å². The predicted molar refractivity (Wildman–Crippen MR) is 53.0 cm³/mol. The molecule has 13 heavy (non-hydrogen) atoms. The Morgan fingerprint density at radius 1 is 1.54 bits per heavy atom. The molecule has 0 spiro atoms. The number of hydrogen-bond acceptors (Lipinski definition) is 4. The van der Waals surface area contributed by atoms with Crippen LogP contribution in [0.4, 0.5) is 5.69 Å². The van der Waals surface area contributed by atoms with E-state index in [1.54, 1.807) is 13.3 Å². The second-order valence-corrected chi connectivity index (χ2v) is 2.80. The Morgan fingerprint density at radius 2 is 2.23 bits per heavy atom. The molecular weight excluding hydrogens is 166 g/mol. The minimum atomic E-state index is 0.674. The first-order valence-corrected chi connectivity index (χ1v) is 4.10. The van der Waals surface area contributed by atoms with Gasteiger partial charge in [-0.3, -0.25) is 0 Å². The zero-order valence-corrected chi connectivity index (χ0v) is 8.46. The van der Waals surface area contributed by atoms with E-state index in [2.05, 4.69) is 10.4 Å². The smallest absolute Gasteiger partial charge is 0.216 e. The van der Waals surface area contributed by atoms with Gasteiger partial charge in [0.25, 0.3) is 0 Å². The zero-order valence-electron chi connectivity index (χ0n) is 8.46. The van der Waals surface area contributed by atoms with Crippen molar-refractivity contribution in [1.82, 2.24) is 10.4 Å². The van der Waals surface area contributed by atoms with E-state index in [4.69, 9.17) is 4.74 Å². The summed E-state index contributed by atoms with van der Waals surface area (Å²) < 4.78 is 5.06. The molecule has 0 aliphatic heterocycles. The van der Waals surface area contributed by atoms with Crippen LogP contribution in [0.2, 0.25) is 0 Å². The van der Waals surface area contributed by atoms with Crippen molar-refractivity contribution >= 4 is 5.69 Å². The Morgan fingerprint density at radius 3 is 2.69 bits per heavy atom. The van der Waals surface area contributed by atoms with Gasteiger partial charge in [-0.25, -0.2) is 10.4 Å². The topological polar surface area (TPSA) is 37.4 Å². The summed E-state index contributed by atoms with van der Waals surface area (Å²) in [4.78, 5) is 4.16. The summed E-state index contributed by atoms with van der Waals surface area (Å²) in [6, 6.07) is 2.02. The van der Waals surface area contributed by atoms with Crippen molar-refractivity contribution in [2.75, 3.05) is 26.2 Å². The fraction of sp³-hybridized carbons (Fsp3) is 0.444. The first-order chi connectivity index (χ1) is 6.19. The molecule has 4 nitrogen and oxygen atoms in total. The number of aromatic nitrogens is 1. The molecule has 72 valence electrons. The number of ether oxygens (including phenoxy) is 1. The van der Waals surface area contributed by atoms with Crippen LogP contribution in [0.25, 0.3) is 0 Å². The molecule has 1 heterocycles. The van der Waals surface area contributed by atoms with Gasteiger partial charge in [-0.05, 0) is 13.0 Å². The Bertz CT molecular complexity index is 288. The molecule has 0 fully saturated rings. The summed E-state index contributed by atoms with van der Waals surface area (Å²) in [6.45, 7) is 1.97. The highest BCUT2D eigenvalue weighted by Crippen LogP contribution is 2.18. The molecule has 0 bridgehead atoms. The van der Waals surface area contributed by atoms with Gasteiger partial charge in [0.15, 0.2) is 0 Å². The van der Waals surface area contributed by atoms with Crippen LogP contribution in [0.15, 0.2) is 12.3 Å². The Balaban J connectivity index is 2.95. The number of pyridine rings is 1. The van der Waals surface area contributed by atoms with Crippen molar-refractivity contribution in [3.8, 4) is 5.88 Å². The van der Waals surface area contributed by atoms with E-state index in [1.807, 2.05) is 32.1 Å². The molecule has 4 heteroatoms. The van der Waals surface area contributed by atoms with Gasteiger partial charge in [-0.1, -0.05) is 0 Å². The first kappa shape index (κ1) is 9.80. The number of nitrogens with zero attached hydrogens (tertiary/aromatic N) is 2. The molecule has 0 aliphatic carbocycles. The Kier molecular flexibility index (Phi) is 3.08. The lowest BCUT2D eigenvalue weighted by molar-refractivity contribution is 0.394. The van der Waals surface area contributed by atoms with E-state index < -0.39 is 0 Å². The molecule has 0 aliphatic rings. The Hall–Kier alpha value is -1.29. The summed E-state index contributed by atoms with van der Waals surface area (Å²) >= 11 is 0. The molecule has 1 rings (SSSR count). The van der Waals surface area contributed by atoms with E-state index in [9.17, 15) is 0 Å². The minimum Gasteiger partial charge on any atom is -0.481 e. The molecule has 0 radical (unpaired) electrons. The fourth-order valence-corrected chi connectivity index (χ4v) is 1.07. The summed E-state index contributed by atoms with van der Waals surface area (Å²) in [5, 5.41) is 1.89. The first-order valence-electron chi connectivity index (χ1n) is 4.10. The molecule has 0 saturated carbocycles. The zero-order chi connectivity index (χ0) is 9.84. The van der Waals surface area contributed by atoms with E-state index in [0.29, 0.717) is 5.88 Å². The van der Waals surface area contributed by atoms with Gasteiger partial charge in [0.05, 0.1) is 19.0 Å². The van der Waals surface area contributed by atoms with Gasteiger partial charge in [0, 0.05) is 19.7 Å². The molecule has 0 saturated heterocycles. The monoisotopic (exact) mass is 181 g/mol. The highest BCUT2D eigenvalue weighted by atomic mass is 16.5. The second kappa shape index (κ2) is 4.09. The third-order valence-corrected chi connectivity index (χ3v) is 1.93. The summed E-state index contributed by atoms with van der Waals surface area (Å²) in [7, 11) is 5.42. The molecule has 1 N–H and O–H groups in total. The van der Waals surface area contributed by atoms with Gasteiger partial charge in [0.1, 0.15) is 0 Å². The molecular formula is C9H15N3O. The third kappa shape index (κ3) is 2.09. The maximum atomic E-state index is 5.06. The highest BCUT2D eigenvalue weighted by Gasteiger charge is 2.03. The largest absolute Gasteiger partial charge is 0.481 e. The van der Waals surface area contributed by atoms with Gasteiger partial charge in [0.2, 0.25) is 5.88 Å². The minimum absolute atomic E-state index is 0.674. The summed E-state index contributed by atoms with van der Waals surface area (Å²) in [6.07, 6.45) is 1.77. The van der Waals surface area contributed by atoms with Crippen LogP contribution in [0, 0.1) is 6.92 Å². The van der Waals surface area contributed by atoms with Gasteiger partial charge < -0.3 is 9.75 Å². The lowest BCUT2D eigenvalue weighted by atomic mass is 10.3. The fourth-order valence-electron chi connectivity index (χ4n) is 1.07. The molecule has 0 amide bonds. The maximum absolute atomic E-state index is 5.06. The molecule has 1 aromatic heterocycles. The van der Waals surface area contributed by atoms with E-state index in [1.165, 1.54) is 0 Å². The SMILES string of the molecule is CNN(C)c1cnc(OC)c(C)c1. The van der Waals surface area contributed by atoms with Crippen molar-refractivity contribution < 1.29 is 4.74 Å². The van der Waals surface area contributed by atoms with Crippen LogP contribution >= 0.6 is 0 Å². The lowest BCUT2D eigenvalue weighted by Gasteiger charge is -2.17. The predicted octanol–water partition coefficient (Wildman–Crippen LogP) is 0.969.